The maximum absolute atomic E-state index is 12.3. The number of carbonyl (C=O) groups excluding carboxylic acids is 1. The molecule has 3 rings (SSSR count). The van der Waals surface area contributed by atoms with E-state index in [1.165, 1.54) is 0 Å². The molecule has 1 saturated heterocycles. The lowest BCUT2D eigenvalue weighted by Gasteiger charge is -2.25. The summed E-state index contributed by atoms with van der Waals surface area (Å²) in [7, 11) is 0. The lowest BCUT2D eigenvalue weighted by molar-refractivity contribution is -0.135. The minimum absolute atomic E-state index is 0. The van der Waals surface area contributed by atoms with Crippen LogP contribution in [0.3, 0.4) is 0 Å². The number of carbonyl (C=O) groups is 1. The zero-order valence-corrected chi connectivity index (χ0v) is 12.7. The van der Waals surface area contributed by atoms with E-state index in [1.807, 2.05) is 24.3 Å². The third kappa shape index (κ3) is 3.87. The number of hydrogen-bond donors (Lipinski definition) is 2. The largest absolute Gasteiger partial charge is 0.493 e. The van der Waals surface area contributed by atoms with Crippen LogP contribution in [0.4, 0.5) is 0 Å². The molecule has 0 spiro atoms. The highest BCUT2D eigenvalue weighted by atomic mass is 35.5. The van der Waals surface area contributed by atoms with Crippen molar-refractivity contribution < 1.29 is 14.3 Å². The van der Waals surface area contributed by atoms with E-state index in [-0.39, 0.29) is 30.5 Å². The second-order valence-corrected chi connectivity index (χ2v) is 5.15. The van der Waals surface area contributed by atoms with Crippen LogP contribution < -0.4 is 15.4 Å². The van der Waals surface area contributed by atoms with Crippen molar-refractivity contribution in [2.24, 2.45) is 0 Å². The monoisotopic (exact) mass is 312 g/mol. The van der Waals surface area contributed by atoms with Crippen LogP contribution in [0.2, 0.25) is 0 Å². The summed E-state index contributed by atoms with van der Waals surface area (Å²) in [6.45, 7) is 2.67. The van der Waals surface area contributed by atoms with E-state index in [4.69, 9.17) is 9.47 Å². The third-order valence-electron chi connectivity index (χ3n) is 3.73. The molecule has 1 aromatic carbocycles. The van der Waals surface area contributed by atoms with Gasteiger partial charge in [-0.05, 0) is 18.9 Å². The summed E-state index contributed by atoms with van der Waals surface area (Å²) in [6.07, 6.45) is 1.44. The number of fused-ring (bicyclic) bond motifs is 1. The fraction of sp³-hybridized carbons (Fsp3) is 0.533. The number of amides is 1. The molecule has 21 heavy (non-hydrogen) atoms. The van der Waals surface area contributed by atoms with Gasteiger partial charge in [0.2, 0.25) is 0 Å². The predicted molar refractivity (Wildman–Crippen MR) is 81.9 cm³/mol. The van der Waals surface area contributed by atoms with Crippen LogP contribution >= 0.6 is 12.4 Å². The molecule has 2 aliphatic heterocycles. The number of halogens is 1. The normalized spacial score (nSPS) is 24.8. The number of rotatable bonds is 2. The predicted octanol–water partition coefficient (Wildman–Crippen LogP) is 1.43. The maximum atomic E-state index is 12.3. The average Bonchev–Trinajstić information content (AvgIpc) is 2.71. The lowest BCUT2D eigenvalue weighted by atomic mass is 10.0. The van der Waals surface area contributed by atoms with Gasteiger partial charge in [0.15, 0.2) is 0 Å². The van der Waals surface area contributed by atoms with Gasteiger partial charge < -0.3 is 20.1 Å². The first kappa shape index (κ1) is 16.1. The molecule has 0 saturated carbocycles. The molecule has 5 nitrogen and oxygen atoms in total. The molecule has 1 amide bonds. The van der Waals surface area contributed by atoms with Crippen LogP contribution in [0.15, 0.2) is 24.3 Å². The van der Waals surface area contributed by atoms with E-state index >= 15 is 0 Å². The van der Waals surface area contributed by atoms with Crippen molar-refractivity contribution in [1.82, 2.24) is 10.6 Å². The number of morpholine rings is 1. The summed E-state index contributed by atoms with van der Waals surface area (Å²) < 4.78 is 11.2. The highest BCUT2D eigenvalue weighted by molar-refractivity contribution is 5.85. The van der Waals surface area contributed by atoms with Gasteiger partial charge in [-0.2, -0.15) is 0 Å². The molecule has 2 aliphatic rings. The number of benzene rings is 1. The summed E-state index contributed by atoms with van der Waals surface area (Å²) in [5.74, 6) is 0.830. The van der Waals surface area contributed by atoms with Gasteiger partial charge in [0.05, 0.1) is 19.3 Å². The van der Waals surface area contributed by atoms with Crippen LogP contribution in [0.1, 0.15) is 24.4 Å². The van der Waals surface area contributed by atoms with Gasteiger partial charge in [-0.25, -0.2) is 0 Å². The topological polar surface area (TPSA) is 59.6 Å². The van der Waals surface area contributed by atoms with E-state index in [1.54, 1.807) is 0 Å². The SMILES string of the molecule is Cl.O=C(NC1CCCOc2ccccc21)C1CNCCO1. The summed E-state index contributed by atoms with van der Waals surface area (Å²) in [5.41, 5.74) is 1.06. The quantitative estimate of drug-likeness (QED) is 0.867. The van der Waals surface area contributed by atoms with Gasteiger partial charge in [0.25, 0.3) is 5.91 Å². The zero-order valence-electron chi connectivity index (χ0n) is 11.8. The number of para-hydroxylation sites is 1. The fourth-order valence-corrected chi connectivity index (χ4v) is 2.67. The smallest absolute Gasteiger partial charge is 0.250 e. The molecular formula is C15H21ClN2O3. The first-order valence-electron chi connectivity index (χ1n) is 7.19. The molecular weight excluding hydrogens is 292 g/mol. The molecule has 6 heteroatoms. The summed E-state index contributed by atoms with van der Waals surface area (Å²) >= 11 is 0. The minimum atomic E-state index is -0.389. The van der Waals surface area contributed by atoms with Crippen molar-refractivity contribution in [3.63, 3.8) is 0 Å². The van der Waals surface area contributed by atoms with Gasteiger partial charge in [-0.3, -0.25) is 4.79 Å². The Bertz CT molecular complexity index is 478. The van der Waals surface area contributed by atoms with E-state index in [2.05, 4.69) is 10.6 Å². The molecule has 2 N–H and O–H groups in total. The minimum Gasteiger partial charge on any atom is -0.493 e. The highest BCUT2D eigenvalue weighted by Crippen LogP contribution is 2.31. The first-order chi connectivity index (χ1) is 9.84. The zero-order chi connectivity index (χ0) is 13.8. The van der Waals surface area contributed by atoms with Gasteiger partial charge in [0.1, 0.15) is 11.9 Å². The first-order valence-corrected chi connectivity index (χ1v) is 7.19. The van der Waals surface area contributed by atoms with Crippen molar-refractivity contribution in [2.75, 3.05) is 26.3 Å². The third-order valence-corrected chi connectivity index (χ3v) is 3.73. The Morgan fingerprint density at radius 1 is 1.29 bits per heavy atom. The Hall–Kier alpha value is -1.30. The summed E-state index contributed by atoms with van der Waals surface area (Å²) in [4.78, 5) is 12.3. The van der Waals surface area contributed by atoms with Crippen LogP contribution in [0.25, 0.3) is 0 Å². The van der Waals surface area contributed by atoms with Crippen molar-refractivity contribution in [2.45, 2.75) is 25.0 Å². The van der Waals surface area contributed by atoms with Gasteiger partial charge in [-0.1, -0.05) is 18.2 Å². The van der Waals surface area contributed by atoms with E-state index in [9.17, 15) is 4.79 Å². The van der Waals surface area contributed by atoms with E-state index in [0.29, 0.717) is 19.8 Å². The summed E-state index contributed by atoms with van der Waals surface area (Å²) in [5, 5.41) is 6.27. The Morgan fingerprint density at radius 2 is 2.14 bits per heavy atom. The second kappa shape index (κ2) is 7.64. The molecule has 2 unspecified atom stereocenters. The van der Waals surface area contributed by atoms with Crippen LogP contribution in [-0.4, -0.2) is 38.3 Å². The highest BCUT2D eigenvalue weighted by Gasteiger charge is 2.26. The molecule has 2 atom stereocenters. The van der Waals surface area contributed by atoms with E-state index in [0.717, 1.165) is 30.7 Å². The number of hydrogen-bond acceptors (Lipinski definition) is 4. The maximum Gasteiger partial charge on any atom is 0.250 e. The Morgan fingerprint density at radius 3 is 2.95 bits per heavy atom. The van der Waals surface area contributed by atoms with Crippen LogP contribution in [-0.2, 0) is 9.53 Å². The number of nitrogens with one attached hydrogen (secondary N) is 2. The fourth-order valence-electron chi connectivity index (χ4n) is 2.67. The average molecular weight is 313 g/mol. The molecule has 0 radical (unpaired) electrons. The van der Waals surface area contributed by atoms with E-state index < -0.39 is 0 Å². The molecule has 0 bridgehead atoms. The molecule has 1 fully saturated rings. The van der Waals surface area contributed by atoms with Gasteiger partial charge in [0, 0.05) is 18.7 Å². The Kier molecular flexibility index (Phi) is 5.85. The standard InChI is InChI=1S/C15H20N2O3.ClH/c18-15(14-10-16-7-9-20-14)17-12-5-3-8-19-13-6-2-1-4-11(12)13;/h1-2,4,6,12,14,16H,3,5,7-10H2,(H,17,18);1H. The molecule has 0 aromatic heterocycles. The summed E-state index contributed by atoms with van der Waals surface area (Å²) in [6, 6.07) is 7.92. The van der Waals surface area contributed by atoms with Crippen LogP contribution in [0, 0.1) is 0 Å². The molecule has 116 valence electrons. The molecule has 1 aromatic rings. The Balaban J connectivity index is 0.00000161. The second-order valence-electron chi connectivity index (χ2n) is 5.15. The molecule has 2 heterocycles. The van der Waals surface area contributed by atoms with Crippen molar-refractivity contribution >= 4 is 18.3 Å². The van der Waals surface area contributed by atoms with Gasteiger partial charge in [-0.15, -0.1) is 12.4 Å². The van der Waals surface area contributed by atoms with Crippen LogP contribution in [0.5, 0.6) is 5.75 Å². The van der Waals surface area contributed by atoms with Crippen molar-refractivity contribution in [1.29, 1.82) is 0 Å². The Labute approximate surface area is 130 Å². The van der Waals surface area contributed by atoms with Crippen molar-refractivity contribution in [3.8, 4) is 5.75 Å². The van der Waals surface area contributed by atoms with Gasteiger partial charge >= 0.3 is 0 Å². The molecule has 0 aliphatic carbocycles. The number of ether oxygens (including phenoxy) is 2. The lowest BCUT2D eigenvalue weighted by Crippen LogP contribution is -2.48. The van der Waals surface area contributed by atoms with Crippen molar-refractivity contribution in [3.05, 3.63) is 29.8 Å².